The lowest BCUT2D eigenvalue weighted by molar-refractivity contribution is -0.121. The highest BCUT2D eigenvalue weighted by Gasteiger charge is 2.27. The monoisotopic (exact) mass is 303 g/mol. The van der Waals surface area contributed by atoms with Crippen LogP contribution in [0.1, 0.15) is 26.2 Å². The Hall–Kier alpha value is -0.660. The van der Waals surface area contributed by atoms with Crippen molar-refractivity contribution < 1.29 is 13.2 Å². The highest BCUT2D eigenvalue weighted by atomic mass is 32.2. The van der Waals surface area contributed by atoms with Crippen LogP contribution in [0, 0.1) is 0 Å². The zero-order valence-corrected chi connectivity index (χ0v) is 12.9. The summed E-state index contributed by atoms with van der Waals surface area (Å²) in [5.74, 6) is 0.200. The summed E-state index contributed by atoms with van der Waals surface area (Å²) in [5, 5.41) is 6.05. The molecule has 2 rings (SSSR count). The molecule has 0 saturated carbocycles. The second-order valence-electron chi connectivity index (χ2n) is 5.70. The summed E-state index contributed by atoms with van der Waals surface area (Å²) in [6.07, 6.45) is 2.57. The van der Waals surface area contributed by atoms with Gasteiger partial charge in [0.25, 0.3) is 0 Å². The lowest BCUT2D eigenvalue weighted by Crippen LogP contribution is -2.48. The summed E-state index contributed by atoms with van der Waals surface area (Å²) >= 11 is 0. The number of carbonyl (C=O) groups is 1. The van der Waals surface area contributed by atoms with Gasteiger partial charge in [0.1, 0.15) is 0 Å². The molecule has 0 aliphatic carbocycles. The molecule has 2 unspecified atom stereocenters. The molecule has 2 atom stereocenters. The van der Waals surface area contributed by atoms with Crippen molar-refractivity contribution in [1.82, 2.24) is 15.5 Å². The van der Waals surface area contributed by atoms with E-state index in [9.17, 15) is 13.2 Å². The SMILES string of the molecule is CCN1CCCC1CNC(=O)CC1CS(=O)(=O)CCN1. The molecule has 2 saturated heterocycles. The summed E-state index contributed by atoms with van der Waals surface area (Å²) < 4.78 is 23.0. The average Bonchev–Trinajstić information content (AvgIpc) is 2.82. The van der Waals surface area contributed by atoms with Gasteiger partial charge in [-0.15, -0.1) is 0 Å². The standard InChI is InChI=1S/C13H25N3O3S/c1-2-16-6-3-4-12(16)9-15-13(17)8-11-10-20(18,19)7-5-14-11/h11-12,14H,2-10H2,1H3,(H,15,17). The van der Waals surface area contributed by atoms with E-state index in [0.29, 0.717) is 19.1 Å². The maximum atomic E-state index is 11.9. The molecule has 6 nitrogen and oxygen atoms in total. The molecule has 116 valence electrons. The predicted octanol–water partition coefficient (Wildman–Crippen LogP) is -0.636. The zero-order chi connectivity index (χ0) is 14.6. The van der Waals surface area contributed by atoms with Crippen molar-refractivity contribution in [1.29, 1.82) is 0 Å². The Morgan fingerprint density at radius 3 is 2.95 bits per heavy atom. The summed E-state index contributed by atoms with van der Waals surface area (Å²) in [4.78, 5) is 14.3. The first kappa shape index (κ1) is 15.7. The molecule has 0 bridgehead atoms. The van der Waals surface area contributed by atoms with E-state index in [-0.39, 0.29) is 29.9 Å². The van der Waals surface area contributed by atoms with Crippen molar-refractivity contribution in [2.75, 3.05) is 37.7 Å². The Kier molecular flexibility index (Phi) is 5.40. The third kappa shape index (κ3) is 4.43. The fourth-order valence-electron chi connectivity index (χ4n) is 3.07. The highest BCUT2D eigenvalue weighted by Crippen LogP contribution is 2.15. The number of amides is 1. The molecular weight excluding hydrogens is 278 g/mol. The fraction of sp³-hybridized carbons (Fsp3) is 0.923. The fourth-order valence-corrected chi connectivity index (χ4v) is 4.51. The summed E-state index contributed by atoms with van der Waals surface area (Å²) in [5.41, 5.74) is 0. The van der Waals surface area contributed by atoms with Crippen LogP contribution >= 0.6 is 0 Å². The van der Waals surface area contributed by atoms with Crippen LogP contribution < -0.4 is 10.6 Å². The van der Waals surface area contributed by atoms with Gasteiger partial charge < -0.3 is 10.6 Å². The molecule has 1 amide bonds. The van der Waals surface area contributed by atoms with E-state index >= 15 is 0 Å². The first-order chi connectivity index (χ1) is 9.50. The van der Waals surface area contributed by atoms with Gasteiger partial charge in [-0.25, -0.2) is 8.42 Å². The largest absolute Gasteiger partial charge is 0.354 e. The van der Waals surface area contributed by atoms with Crippen LogP contribution in [0.4, 0.5) is 0 Å². The number of carbonyl (C=O) groups excluding carboxylic acids is 1. The van der Waals surface area contributed by atoms with Crippen molar-refractivity contribution >= 4 is 15.7 Å². The van der Waals surface area contributed by atoms with Crippen molar-refractivity contribution in [3.05, 3.63) is 0 Å². The normalized spacial score (nSPS) is 30.2. The quantitative estimate of drug-likeness (QED) is 0.707. The van der Waals surface area contributed by atoms with Gasteiger partial charge in [0.15, 0.2) is 9.84 Å². The maximum Gasteiger partial charge on any atom is 0.221 e. The van der Waals surface area contributed by atoms with Crippen molar-refractivity contribution in [3.8, 4) is 0 Å². The molecule has 20 heavy (non-hydrogen) atoms. The molecule has 0 spiro atoms. The van der Waals surface area contributed by atoms with E-state index in [0.717, 1.165) is 19.5 Å². The van der Waals surface area contributed by atoms with Gasteiger partial charge in [0, 0.05) is 31.6 Å². The van der Waals surface area contributed by atoms with E-state index in [1.165, 1.54) is 6.42 Å². The Bertz CT molecular complexity index is 438. The van der Waals surface area contributed by atoms with Crippen LogP contribution in [-0.4, -0.2) is 69.0 Å². The minimum atomic E-state index is -2.97. The van der Waals surface area contributed by atoms with E-state index in [4.69, 9.17) is 0 Å². The first-order valence-corrected chi connectivity index (χ1v) is 9.27. The number of hydrogen-bond donors (Lipinski definition) is 2. The van der Waals surface area contributed by atoms with Crippen LogP contribution in [-0.2, 0) is 14.6 Å². The molecule has 0 radical (unpaired) electrons. The van der Waals surface area contributed by atoms with E-state index < -0.39 is 9.84 Å². The smallest absolute Gasteiger partial charge is 0.221 e. The van der Waals surface area contributed by atoms with Gasteiger partial charge in [0.2, 0.25) is 5.91 Å². The number of sulfone groups is 1. The van der Waals surface area contributed by atoms with Crippen molar-refractivity contribution in [2.24, 2.45) is 0 Å². The van der Waals surface area contributed by atoms with Crippen LogP contribution in [0.15, 0.2) is 0 Å². The van der Waals surface area contributed by atoms with Crippen molar-refractivity contribution in [2.45, 2.75) is 38.3 Å². The molecule has 2 aliphatic rings. The minimum Gasteiger partial charge on any atom is -0.354 e. The second kappa shape index (κ2) is 6.87. The topological polar surface area (TPSA) is 78.5 Å². The Morgan fingerprint density at radius 1 is 1.45 bits per heavy atom. The Morgan fingerprint density at radius 2 is 2.25 bits per heavy atom. The van der Waals surface area contributed by atoms with Crippen LogP contribution in [0.3, 0.4) is 0 Å². The van der Waals surface area contributed by atoms with Gasteiger partial charge in [-0.3, -0.25) is 9.69 Å². The maximum absolute atomic E-state index is 11.9. The third-order valence-corrected chi connectivity index (χ3v) is 5.91. The van der Waals surface area contributed by atoms with Crippen molar-refractivity contribution in [3.63, 3.8) is 0 Å². The van der Waals surface area contributed by atoms with E-state index in [2.05, 4.69) is 22.5 Å². The Labute approximate surface area is 121 Å². The molecular formula is C13H25N3O3S. The molecule has 2 heterocycles. The lowest BCUT2D eigenvalue weighted by atomic mass is 10.2. The number of likely N-dealkylation sites (tertiary alicyclic amines) is 1. The predicted molar refractivity (Wildman–Crippen MR) is 78.3 cm³/mol. The zero-order valence-electron chi connectivity index (χ0n) is 12.1. The third-order valence-electron chi connectivity index (χ3n) is 4.17. The summed E-state index contributed by atoms with van der Waals surface area (Å²) in [6.45, 7) is 5.39. The molecule has 2 fully saturated rings. The number of nitrogens with zero attached hydrogens (tertiary/aromatic N) is 1. The second-order valence-corrected chi connectivity index (χ2v) is 7.93. The van der Waals surface area contributed by atoms with Gasteiger partial charge in [-0.2, -0.15) is 0 Å². The van der Waals surface area contributed by atoms with Crippen LogP contribution in [0.25, 0.3) is 0 Å². The number of nitrogens with one attached hydrogen (secondary N) is 2. The van der Waals surface area contributed by atoms with E-state index in [1.54, 1.807) is 0 Å². The Balaban J connectivity index is 1.72. The van der Waals surface area contributed by atoms with Gasteiger partial charge in [-0.05, 0) is 25.9 Å². The van der Waals surface area contributed by atoms with Crippen LogP contribution in [0.5, 0.6) is 0 Å². The number of hydrogen-bond acceptors (Lipinski definition) is 5. The molecule has 7 heteroatoms. The first-order valence-electron chi connectivity index (χ1n) is 7.44. The average molecular weight is 303 g/mol. The number of rotatable bonds is 5. The molecule has 2 N–H and O–H groups in total. The van der Waals surface area contributed by atoms with Crippen LogP contribution in [0.2, 0.25) is 0 Å². The number of likely N-dealkylation sites (N-methyl/N-ethyl adjacent to an activating group) is 1. The van der Waals surface area contributed by atoms with Gasteiger partial charge in [-0.1, -0.05) is 6.92 Å². The van der Waals surface area contributed by atoms with Gasteiger partial charge in [0.05, 0.1) is 11.5 Å². The molecule has 2 aliphatic heterocycles. The minimum absolute atomic E-state index is 0.0532. The molecule has 0 aromatic carbocycles. The van der Waals surface area contributed by atoms with Gasteiger partial charge >= 0.3 is 0 Å². The molecule has 0 aromatic rings. The van der Waals surface area contributed by atoms with E-state index in [1.807, 2.05) is 0 Å². The summed E-state index contributed by atoms with van der Waals surface area (Å²) in [7, 11) is -2.97. The lowest BCUT2D eigenvalue weighted by Gasteiger charge is -2.25. The molecule has 0 aromatic heterocycles. The summed E-state index contributed by atoms with van der Waals surface area (Å²) in [6, 6.07) is 0.201. The highest BCUT2D eigenvalue weighted by molar-refractivity contribution is 7.91.